The Morgan fingerprint density at radius 1 is 0.849 bits per heavy atom. The highest BCUT2D eigenvalue weighted by Gasteiger charge is 2.50. The quantitative estimate of drug-likeness (QED) is 0.0190. The fourth-order valence-corrected chi connectivity index (χ4v) is 17.6. The van der Waals surface area contributed by atoms with Crippen LogP contribution in [0.2, 0.25) is 5.02 Å². The van der Waals surface area contributed by atoms with E-state index in [0.29, 0.717) is 110 Å². The molecule has 0 spiro atoms. The van der Waals surface area contributed by atoms with Gasteiger partial charge in [0.2, 0.25) is 0 Å². The molecule has 3 aliphatic rings. The number of piperazine rings is 1. The van der Waals surface area contributed by atoms with Gasteiger partial charge in [0, 0.05) is 95.1 Å². The molecular formula is C59H69ClF4N6O11P2S3. The number of nitrogens with one attached hydrogen (secondary N) is 1. The Labute approximate surface area is 508 Å². The Balaban J connectivity index is 0.903. The molecule has 0 saturated carbocycles. The Kier molecular flexibility index (Phi) is 20.2. The summed E-state index contributed by atoms with van der Waals surface area (Å²) < 4.78 is 155. The van der Waals surface area contributed by atoms with Gasteiger partial charge in [-0.05, 0) is 156 Å². The number of alkyl halides is 3. The number of ether oxygens (including phenoxy) is 1. The van der Waals surface area contributed by atoms with Gasteiger partial charge in [-0.25, -0.2) is 21.2 Å². The van der Waals surface area contributed by atoms with E-state index in [4.69, 9.17) is 30.6 Å². The molecule has 4 heterocycles. The van der Waals surface area contributed by atoms with E-state index in [1.54, 1.807) is 31.2 Å². The maximum absolute atomic E-state index is 15.9. The Hall–Kier alpha value is -5.39. The zero-order valence-corrected chi connectivity index (χ0v) is 52.8. The number of likely N-dealkylation sites (tertiary alicyclic amines) is 1. The number of halogens is 5. The van der Waals surface area contributed by atoms with Crippen molar-refractivity contribution in [2.45, 2.75) is 78.7 Å². The smallest absolute Gasteiger partial charge is 0.465 e. The van der Waals surface area contributed by atoms with Crippen LogP contribution in [0, 0.1) is 18.7 Å². The van der Waals surface area contributed by atoms with Gasteiger partial charge < -0.3 is 43.6 Å². The van der Waals surface area contributed by atoms with Crippen molar-refractivity contribution in [1.82, 2.24) is 9.47 Å². The van der Waals surface area contributed by atoms with Crippen molar-refractivity contribution >= 4 is 92.2 Å². The molecule has 0 unspecified atom stereocenters. The molecule has 0 radical (unpaired) electrons. The van der Waals surface area contributed by atoms with E-state index in [-0.39, 0.29) is 48.1 Å². The summed E-state index contributed by atoms with van der Waals surface area (Å²) in [7, 11) is -18.3. The minimum absolute atomic E-state index is 0.0266. The Bertz CT molecular complexity index is 3730. The summed E-state index contributed by atoms with van der Waals surface area (Å²) in [5.41, 5.74) is -1.58. The van der Waals surface area contributed by atoms with Crippen molar-refractivity contribution < 1.29 is 67.4 Å². The number of thioether (sulfide) groups is 1. The maximum Gasteiger partial charge on any atom is 0.501 e. The minimum atomic E-state index is -6.04. The Morgan fingerprint density at radius 3 is 2.10 bits per heavy atom. The lowest BCUT2D eigenvalue weighted by Crippen LogP contribution is -2.46. The van der Waals surface area contributed by atoms with Crippen LogP contribution in [0.4, 0.5) is 40.3 Å². The van der Waals surface area contributed by atoms with Gasteiger partial charge >= 0.3 is 26.6 Å². The van der Waals surface area contributed by atoms with Gasteiger partial charge in [-0.3, -0.25) is 18.6 Å². The third-order valence-corrected chi connectivity index (χ3v) is 23.2. The number of nitrogens with zero attached hydrogens (tertiary/aromatic N) is 5. The number of carbonyl (C=O) groups excluding carboxylic acids is 1. The number of aromatic nitrogens is 1. The molecule has 86 heavy (non-hydrogen) atoms. The van der Waals surface area contributed by atoms with Gasteiger partial charge in [0.1, 0.15) is 10.7 Å². The average Bonchev–Trinajstić information content (AvgIpc) is 1.70. The first-order valence-corrected chi connectivity index (χ1v) is 36.2. The second-order valence-electron chi connectivity index (χ2n) is 22.0. The van der Waals surface area contributed by atoms with Crippen LogP contribution in [0.1, 0.15) is 51.3 Å². The van der Waals surface area contributed by atoms with Crippen molar-refractivity contribution in [2.24, 2.45) is 5.92 Å². The number of sulfone groups is 2. The SMILES string of the molecule is Cc1c(S(C)(=O)=O)c(-c2cc(F)cc(N3CCN(c4ccc(N5CCO[P@@]5(=O)c5ccc(N[C@H](CCN6CCC(C(=O)OCCCP(=O)(O)O)CC6)CSc6ccccc6)c(S(=O)(=O)C(F)(F)F)c5)cc4)CC3)c2)c(-c2ccc(Cl)cc2)n1C(C)C. The molecule has 1 aromatic heterocycles. The molecule has 0 amide bonds. The number of piperidine rings is 1. The predicted molar refractivity (Wildman–Crippen MR) is 330 cm³/mol. The van der Waals surface area contributed by atoms with E-state index in [2.05, 4.69) is 15.1 Å². The van der Waals surface area contributed by atoms with E-state index in [0.717, 1.165) is 28.5 Å². The van der Waals surface area contributed by atoms with Gasteiger partial charge in [0.15, 0.2) is 9.84 Å². The van der Waals surface area contributed by atoms with E-state index in [1.807, 2.05) is 84.0 Å². The zero-order chi connectivity index (χ0) is 61.9. The summed E-state index contributed by atoms with van der Waals surface area (Å²) in [4.78, 5) is 37.0. The largest absolute Gasteiger partial charge is 0.501 e. The second kappa shape index (κ2) is 26.8. The van der Waals surface area contributed by atoms with Crippen LogP contribution in [0.5, 0.6) is 0 Å². The lowest BCUT2D eigenvalue weighted by atomic mass is 9.96. The topological polar surface area (TPSA) is 208 Å². The van der Waals surface area contributed by atoms with Crippen LogP contribution in [-0.4, -0.2) is 137 Å². The molecule has 17 nitrogen and oxygen atoms in total. The number of esters is 1. The van der Waals surface area contributed by atoms with E-state index in [1.165, 1.54) is 40.7 Å². The van der Waals surface area contributed by atoms with Crippen LogP contribution in [0.15, 0.2) is 130 Å². The first kappa shape index (κ1) is 65.1. The average molecular weight is 1310 g/mol. The van der Waals surface area contributed by atoms with Crippen LogP contribution >= 0.6 is 38.5 Å². The van der Waals surface area contributed by atoms with E-state index >= 15 is 8.96 Å². The molecule has 3 aliphatic heterocycles. The molecule has 27 heteroatoms. The first-order valence-electron chi connectivity index (χ1n) is 28.1. The normalized spacial score (nSPS) is 18.0. The van der Waals surface area contributed by atoms with Gasteiger partial charge in [-0.15, -0.1) is 11.8 Å². The molecule has 2 atom stereocenters. The molecule has 0 aliphatic carbocycles. The molecule has 3 N–H and O–H groups in total. The number of hydrogen-bond donors (Lipinski definition) is 3. The highest BCUT2D eigenvalue weighted by atomic mass is 35.5. The molecular weight excluding hydrogens is 1240 g/mol. The number of carbonyl (C=O) groups is 1. The van der Waals surface area contributed by atoms with Crippen molar-refractivity contribution in [3.05, 3.63) is 132 Å². The number of benzene rings is 5. The van der Waals surface area contributed by atoms with Crippen molar-refractivity contribution in [3.63, 3.8) is 0 Å². The van der Waals surface area contributed by atoms with Gasteiger partial charge in [0.05, 0.1) is 53.4 Å². The molecule has 3 fully saturated rings. The highest BCUT2D eigenvalue weighted by molar-refractivity contribution is 7.99. The van der Waals surface area contributed by atoms with Gasteiger partial charge in [0.25, 0.3) is 9.84 Å². The summed E-state index contributed by atoms with van der Waals surface area (Å²) >= 11 is 7.70. The van der Waals surface area contributed by atoms with E-state index in [9.17, 15) is 39.4 Å². The van der Waals surface area contributed by atoms with E-state index < -0.39 is 75.1 Å². The molecule has 0 bridgehead atoms. The van der Waals surface area contributed by atoms with Gasteiger partial charge in [-0.1, -0.05) is 41.9 Å². The molecule has 6 aromatic rings. The summed E-state index contributed by atoms with van der Waals surface area (Å²) in [5.74, 6) is -1.08. The number of anilines is 4. The van der Waals surface area contributed by atoms with Crippen LogP contribution in [0.3, 0.4) is 0 Å². The van der Waals surface area contributed by atoms with Crippen LogP contribution in [0.25, 0.3) is 22.4 Å². The predicted octanol–water partition coefficient (Wildman–Crippen LogP) is 11.7. The molecule has 9 rings (SSSR count). The molecule has 3 saturated heterocycles. The molecule has 5 aromatic carbocycles. The number of rotatable bonds is 22. The summed E-state index contributed by atoms with van der Waals surface area (Å²) in [5, 5.41) is 3.37. The Morgan fingerprint density at radius 2 is 1.49 bits per heavy atom. The summed E-state index contributed by atoms with van der Waals surface area (Å²) in [6.45, 7) is 8.93. The first-order chi connectivity index (χ1) is 40.6. The lowest BCUT2D eigenvalue weighted by molar-refractivity contribution is -0.150. The zero-order valence-electron chi connectivity index (χ0n) is 47.8. The van der Waals surface area contributed by atoms with Crippen molar-refractivity contribution in [1.29, 1.82) is 0 Å². The maximum atomic E-state index is 15.9. The van der Waals surface area contributed by atoms with Gasteiger partial charge in [-0.2, -0.15) is 13.2 Å². The molecule has 464 valence electrons. The highest BCUT2D eigenvalue weighted by Crippen LogP contribution is 2.56. The lowest BCUT2D eigenvalue weighted by Gasteiger charge is -2.37. The van der Waals surface area contributed by atoms with Crippen molar-refractivity contribution in [2.75, 3.05) is 104 Å². The summed E-state index contributed by atoms with van der Waals surface area (Å²) in [6, 6.07) is 30.7. The fourth-order valence-electron chi connectivity index (χ4n) is 11.4. The van der Waals surface area contributed by atoms with Crippen molar-refractivity contribution in [3.8, 4) is 22.4 Å². The van der Waals surface area contributed by atoms with Crippen LogP contribution in [-0.2, 0) is 42.9 Å². The second-order valence-corrected chi connectivity index (χ2v) is 31.4. The fraction of sp³-hybridized carbons (Fsp3) is 0.407. The monoisotopic (exact) mass is 1310 g/mol. The third kappa shape index (κ3) is 15.0. The standard InChI is InChI=1S/C59H69ClF4N6O11P2S3/c1-40(2)70-41(3)57(85(4,76)77)55(56(70)42-11-13-45(60)14-12-42)44-35-46(61)37-50(36-44)68-29-27-67(28-30-68)48-15-17-49(18-16-48)69-31-33-81-83(69,75)51-19-20-53(54(38-51)86(78,79)59(62,63)64)65-47(39-84-52-9-6-5-7-10-52)23-26-66-24-21-43(22-25-66)58(71)80-32-8-34-82(72,73)74/h5-7,9-20,35-38,40,43,47,65H,8,21-34,39H2,1-4H3,(H2,72,73,74)/t47-,83+/m1/s1. The van der Waals surface area contributed by atoms with Crippen LogP contribution < -0.4 is 25.1 Å². The minimum Gasteiger partial charge on any atom is -0.465 e. The number of hydrogen-bond acceptors (Lipinski definition) is 14. The third-order valence-electron chi connectivity index (χ3n) is 15.6. The summed E-state index contributed by atoms with van der Waals surface area (Å²) in [6.07, 6.45) is 2.05.